The molecule has 2 aromatic rings. The second-order valence-electron chi connectivity index (χ2n) is 4.02. The minimum atomic E-state index is 0.787. The van der Waals surface area contributed by atoms with Gasteiger partial charge in [-0.1, -0.05) is 24.3 Å². The van der Waals surface area contributed by atoms with Gasteiger partial charge in [-0.05, 0) is 29.4 Å². The van der Waals surface area contributed by atoms with Gasteiger partial charge in [-0.15, -0.1) is 5.10 Å². The normalized spacial score (nSPS) is 11.1. The first kappa shape index (κ1) is 13.8. The van der Waals surface area contributed by atoms with Crippen molar-refractivity contribution in [2.24, 2.45) is 5.10 Å². The maximum absolute atomic E-state index is 5.25. The van der Waals surface area contributed by atoms with Crippen molar-refractivity contribution in [3.63, 3.8) is 0 Å². The van der Waals surface area contributed by atoms with Gasteiger partial charge < -0.3 is 9.47 Å². The summed E-state index contributed by atoms with van der Waals surface area (Å²) in [5.41, 5.74) is 1.85. The molecule has 0 atom stereocenters. The minimum absolute atomic E-state index is 0.787. The minimum Gasteiger partial charge on any atom is -0.496 e. The molecule has 1 N–H and O–H groups in total. The Hall–Kier alpha value is -2.62. The first-order chi connectivity index (χ1) is 9.85. The number of hydrogen-bond donors (Lipinski definition) is 1. The molecular formula is C16H17N2O2+. The van der Waals surface area contributed by atoms with Gasteiger partial charge in [0.05, 0.1) is 19.8 Å². The standard InChI is InChI=1S/C16H16N2O2/c1-19-15-9-5-3-7-13(15)11-17-18-12-14-8-4-6-10-16(14)20-2/h3-12H,1-2H3/p+1/b17-11+,18-12?. The van der Waals surface area contributed by atoms with E-state index in [0.717, 1.165) is 22.6 Å². The molecule has 0 aliphatic carbocycles. The third-order valence-electron chi connectivity index (χ3n) is 2.78. The Balaban J connectivity index is 2.11. The van der Waals surface area contributed by atoms with Crippen molar-refractivity contribution in [2.75, 3.05) is 14.2 Å². The maximum atomic E-state index is 5.25. The Morgan fingerprint density at radius 2 is 1.40 bits per heavy atom. The van der Waals surface area contributed by atoms with E-state index in [1.165, 1.54) is 0 Å². The van der Waals surface area contributed by atoms with Crippen molar-refractivity contribution in [3.8, 4) is 11.5 Å². The highest BCUT2D eigenvalue weighted by atomic mass is 16.5. The zero-order valence-electron chi connectivity index (χ0n) is 11.5. The lowest BCUT2D eigenvalue weighted by Gasteiger charge is -2.01. The summed E-state index contributed by atoms with van der Waals surface area (Å²) < 4.78 is 10.5. The molecule has 4 heteroatoms. The van der Waals surface area contributed by atoms with Crippen LogP contribution in [0.15, 0.2) is 53.6 Å². The number of nitrogens with zero attached hydrogens (tertiary/aromatic N) is 1. The van der Waals surface area contributed by atoms with E-state index in [9.17, 15) is 0 Å². The number of para-hydroxylation sites is 2. The molecule has 0 aromatic heterocycles. The first-order valence-electron chi connectivity index (χ1n) is 6.23. The summed E-state index contributed by atoms with van der Waals surface area (Å²) in [6.45, 7) is 0. The van der Waals surface area contributed by atoms with E-state index < -0.39 is 0 Å². The summed E-state index contributed by atoms with van der Waals surface area (Å²) in [5, 5.41) is 7.04. The fourth-order valence-electron chi connectivity index (χ4n) is 1.77. The molecule has 0 saturated heterocycles. The quantitative estimate of drug-likeness (QED) is 0.655. The van der Waals surface area contributed by atoms with Crippen LogP contribution in [0.4, 0.5) is 0 Å². The van der Waals surface area contributed by atoms with Crippen LogP contribution in [0.1, 0.15) is 11.1 Å². The summed E-state index contributed by atoms with van der Waals surface area (Å²) in [5.74, 6) is 1.59. The van der Waals surface area contributed by atoms with E-state index in [1.54, 1.807) is 26.6 Å². The Kier molecular flexibility index (Phi) is 4.89. The molecule has 0 aliphatic rings. The Morgan fingerprint density at radius 3 is 2.05 bits per heavy atom. The number of rotatable bonds is 5. The second kappa shape index (κ2) is 7.09. The fraction of sp³-hybridized carbons (Fsp3) is 0.125. The highest BCUT2D eigenvalue weighted by Gasteiger charge is 2.01. The molecule has 0 aliphatic heterocycles. The van der Waals surface area contributed by atoms with Crippen LogP contribution in [0.5, 0.6) is 11.5 Å². The van der Waals surface area contributed by atoms with Crippen molar-refractivity contribution in [2.45, 2.75) is 0 Å². The molecule has 20 heavy (non-hydrogen) atoms. The van der Waals surface area contributed by atoms with Gasteiger partial charge in [0.1, 0.15) is 17.7 Å². The molecule has 0 unspecified atom stereocenters. The van der Waals surface area contributed by atoms with Gasteiger partial charge in [0, 0.05) is 5.56 Å². The molecule has 0 radical (unpaired) electrons. The van der Waals surface area contributed by atoms with Crippen molar-refractivity contribution < 1.29 is 14.6 Å². The first-order valence-corrected chi connectivity index (χ1v) is 6.23. The lowest BCUT2D eigenvalue weighted by Crippen LogP contribution is -2.61. The van der Waals surface area contributed by atoms with E-state index >= 15 is 0 Å². The highest BCUT2D eigenvalue weighted by molar-refractivity contribution is 5.83. The number of benzene rings is 2. The number of ether oxygens (including phenoxy) is 2. The van der Waals surface area contributed by atoms with E-state index in [2.05, 4.69) is 10.2 Å². The van der Waals surface area contributed by atoms with Crippen molar-refractivity contribution in [1.29, 1.82) is 0 Å². The molecule has 102 valence electrons. The summed E-state index contributed by atoms with van der Waals surface area (Å²) in [6.07, 6.45) is 3.50. The Bertz CT molecular complexity index is 566. The molecule has 2 aromatic carbocycles. The van der Waals surface area contributed by atoms with Crippen LogP contribution in [0.25, 0.3) is 0 Å². The monoisotopic (exact) mass is 269 g/mol. The summed E-state index contributed by atoms with van der Waals surface area (Å²) in [7, 11) is 3.28. The third kappa shape index (κ3) is 3.45. The van der Waals surface area contributed by atoms with Gasteiger partial charge in [-0.3, -0.25) is 0 Å². The van der Waals surface area contributed by atoms with Gasteiger partial charge in [0.15, 0.2) is 0 Å². The van der Waals surface area contributed by atoms with Crippen molar-refractivity contribution >= 4 is 12.4 Å². The van der Waals surface area contributed by atoms with Crippen LogP contribution in [-0.2, 0) is 0 Å². The number of methoxy groups -OCH3 is 2. The molecule has 2 rings (SSSR count). The smallest absolute Gasteiger partial charge is 0.204 e. The predicted molar refractivity (Wildman–Crippen MR) is 79.7 cm³/mol. The van der Waals surface area contributed by atoms with E-state index in [4.69, 9.17) is 9.47 Å². The SMILES string of the molecule is COc1ccccc1C=N/[NH+]=C/c1ccccc1OC. The molecule has 0 saturated carbocycles. The maximum Gasteiger partial charge on any atom is 0.204 e. The van der Waals surface area contributed by atoms with Crippen molar-refractivity contribution in [3.05, 3.63) is 59.7 Å². The summed E-state index contributed by atoms with van der Waals surface area (Å²) in [6, 6.07) is 15.4. The molecule has 0 fully saturated rings. The number of nitrogens with one attached hydrogen (secondary N) is 1. The van der Waals surface area contributed by atoms with Crippen LogP contribution in [-0.4, -0.2) is 26.6 Å². The molecular weight excluding hydrogens is 252 g/mol. The van der Waals surface area contributed by atoms with Gasteiger partial charge in [-0.25, -0.2) is 0 Å². The van der Waals surface area contributed by atoms with Gasteiger partial charge >= 0.3 is 0 Å². The van der Waals surface area contributed by atoms with Crippen molar-refractivity contribution in [1.82, 2.24) is 0 Å². The Morgan fingerprint density at radius 1 is 0.850 bits per heavy atom. The Labute approximate surface area is 118 Å². The third-order valence-corrected chi connectivity index (χ3v) is 2.78. The largest absolute Gasteiger partial charge is 0.496 e. The highest BCUT2D eigenvalue weighted by Crippen LogP contribution is 2.14. The average Bonchev–Trinajstić information content (AvgIpc) is 2.52. The molecule has 0 amide bonds. The van der Waals surface area contributed by atoms with Crippen LogP contribution in [0, 0.1) is 0 Å². The molecule has 0 heterocycles. The fourth-order valence-corrected chi connectivity index (χ4v) is 1.77. The summed E-state index contributed by atoms with van der Waals surface area (Å²) >= 11 is 0. The average molecular weight is 269 g/mol. The molecule has 4 nitrogen and oxygen atoms in total. The van der Waals surface area contributed by atoms with Crippen LogP contribution < -0.4 is 14.6 Å². The lowest BCUT2D eigenvalue weighted by atomic mass is 10.2. The summed E-state index contributed by atoms with van der Waals surface area (Å²) in [4.78, 5) is 0. The second-order valence-corrected chi connectivity index (χ2v) is 4.02. The molecule has 0 spiro atoms. The van der Waals surface area contributed by atoms with Gasteiger partial charge in [0.2, 0.25) is 6.21 Å². The van der Waals surface area contributed by atoms with E-state index in [-0.39, 0.29) is 0 Å². The van der Waals surface area contributed by atoms with Crippen LogP contribution in [0.2, 0.25) is 0 Å². The molecule has 0 bridgehead atoms. The van der Waals surface area contributed by atoms with Crippen LogP contribution in [0.3, 0.4) is 0 Å². The number of hydrogen-bond acceptors (Lipinski definition) is 3. The lowest BCUT2D eigenvalue weighted by molar-refractivity contribution is -0.455. The predicted octanol–water partition coefficient (Wildman–Crippen LogP) is 1.24. The zero-order chi connectivity index (χ0) is 14.2. The topological polar surface area (TPSA) is 44.8 Å². The van der Waals surface area contributed by atoms with Crippen LogP contribution >= 0.6 is 0 Å². The zero-order valence-corrected chi connectivity index (χ0v) is 11.5. The number of hydrazone groups is 1. The van der Waals surface area contributed by atoms with E-state index in [0.29, 0.717) is 0 Å². The van der Waals surface area contributed by atoms with Gasteiger partial charge in [0.25, 0.3) is 0 Å². The van der Waals surface area contributed by atoms with E-state index in [1.807, 2.05) is 48.5 Å². The van der Waals surface area contributed by atoms with Gasteiger partial charge in [-0.2, -0.15) is 0 Å².